The number of thioether (sulfide) groups is 1. The van der Waals surface area contributed by atoms with Gasteiger partial charge in [0.1, 0.15) is 6.04 Å². The third kappa shape index (κ3) is 7.67. The number of piperidine rings is 1. The summed E-state index contributed by atoms with van der Waals surface area (Å²) in [6.45, 7) is -0.234. The van der Waals surface area contributed by atoms with Crippen LogP contribution in [0.15, 0.2) is 35.7 Å². The van der Waals surface area contributed by atoms with E-state index in [0.29, 0.717) is 11.3 Å². The van der Waals surface area contributed by atoms with Gasteiger partial charge in [-0.3, -0.25) is 4.79 Å². The minimum Gasteiger partial charge on any atom is -0.341 e. The summed E-state index contributed by atoms with van der Waals surface area (Å²) in [7, 11) is -3.94. The number of carbonyl (C=O) groups is 1. The maximum atomic E-state index is 13.1. The number of nitrogens with one attached hydrogen (secondary N) is 1. The molecule has 0 aromatic heterocycles. The minimum absolute atomic E-state index is 0.0195. The fraction of sp³-hybridized carbons (Fsp3) is 0.526. The van der Waals surface area contributed by atoms with Crippen LogP contribution in [0.5, 0.6) is 0 Å². The predicted molar refractivity (Wildman–Crippen MR) is 110 cm³/mol. The number of carbonyl (C=O) groups excluding carboxylic acids is 1. The summed E-state index contributed by atoms with van der Waals surface area (Å²) in [5.41, 5.74) is 0.675. The van der Waals surface area contributed by atoms with E-state index in [1.807, 2.05) is 6.26 Å². The van der Waals surface area contributed by atoms with Crippen molar-refractivity contribution in [1.82, 2.24) is 9.62 Å². The minimum atomic E-state index is -4.37. The Labute approximate surface area is 173 Å². The van der Waals surface area contributed by atoms with E-state index in [4.69, 9.17) is 0 Å². The quantitative estimate of drug-likeness (QED) is 0.658. The molecule has 2 rings (SSSR count). The first-order chi connectivity index (χ1) is 13.6. The number of benzene rings is 1. The first kappa shape index (κ1) is 23.8. The Morgan fingerprint density at radius 3 is 2.66 bits per heavy atom. The van der Waals surface area contributed by atoms with Crippen LogP contribution in [-0.2, 0) is 14.8 Å². The number of hydrogen-bond donors (Lipinski definition) is 1. The Kier molecular flexibility index (Phi) is 8.59. The molecule has 2 unspecified atom stereocenters. The van der Waals surface area contributed by atoms with Gasteiger partial charge in [-0.1, -0.05) is 30.3 Å². The van der Waals surface area contributed by atoms with Gasteiger partial charge in [-0.2, -0.15) is 29.7 Å². The van der Waals surface area contributed by atoms with Crippen LogP contribution in [0.25, 0.3) is 6.08 Å². The lowest BCUT2D eigenvalue weighted by Crippen LogP contribution is -2.52. The molecule has 162 valence electrons. The van der Waals surface area contributed by atoms with Gasteiger partial charge in [-0.15, -0.1) is 0 Å². The SMILES string of the molecule is CSCCC(NS(=O)(=O)/C=C/c1ccccc1)C(=O)N1CCCC(C(F)(F)F)C1. The van der Waals surface area contributed by atoms with Gasteiger partial charge in [-0.25, -0.2) is 8.42 Å². The Morgan fingerprint density at radius 2 is 2.03 bits per heavy atom. The topological polar surface area (TPSA) is 66.5 Å². The molecule has 1 fully saturated rings. The molecule has 1 aliphatic heterocycles. The fourth-order valence-electron chi connectivity index (χ4n) is 3.10. The van der Waals surface area contributed by atoms with Crippen molar-refractivity contribution in [3.63, 3.8) is 0 Å². The van der Waals surface area contributed by atoms with Crippen LogP contribution in [-0.4, -0.2) is 56.5 Å². The third-order valence-electron chi connectivity index (χ3n) is 4.65. The molecule has 1 aromatic carbocycles. The molecule has 0 radical (unpaired) electrons. The molecule has 29 heavy (non-hydrogen) atoms. The maximum Gasteiger partial charge on any atom is 0.393 e. The highest BCUT2D eigenvalue weighted by Crippen LogP contribution is 2.33. The van der Waals surface area contributed by atoms with Crippen LogP contribution in [0.2, 0.25) is 0 Å². The fourth-order valence-corrected chi connectivity index (χ4v) is 4.60. The number of amides is 1. The lowest BCUT2D eigenvalue weighted by Gasteiger charge is -2.35. The number of alkyl halides is 3. The molecule has 1 amide bonds. The van der Waals surface area contributed by atoms with Gasteiger partial charge in [0.15, 0.2) is 0 Å². The van der Waals surface area contributed by atoms with E-state index in [1.54, 1.807) is 30.3 Å². The summed E-state index contributed by atoms with van der Waals surface area (Å²) in [5, 5.41) is 0.969. The van der Waals surface area contributed by atoms with Crippen LogP contribution >= 0.6 is 11.8 Å². The standard InChI is InChI=1S/C19H25F3N2O3S2/c1-28-12-9-17(18(25)24-11-5-8-16(14-24)19(20,21)22)23-29(26,27)13-10-15-6-3-2-4-7-15/h2-4,6-7,10,13,16-17,23H,5,8-9,11-12,14H2,1H3/b13-10+. The smallest absolute Gasteiger partial charge is 0.341 e. The molecule has 0 bridgehead atoms. The summed E-state index contributed by atoms with van der Waals surface area (Å²) < 4.78 is 66.4. The predicted octanol–water partition coefficient (Wildman–Crippen LogP) is 3.50. The zero-order chi connectivity index (χ0) is 21.5. The highest BCUT2D eigenvalue weighted by Gasteiger charge is 2.43. The second-order valence-corrected chi connectivity index (χ2v) is 9.46. The molecule has 1 aromatic rings. The molecule has 2 atom stereocenters. The van der Waals surface area contributed by atoms with Gasteiger partial charge in [-0.05, 0) is 42.9 Å². The van der Waals surface area contributed by atoms with Crippen molar-refractivity contribution in [2.24, 2.45) is 5.92 Å². The Balaban J connectivity index is 2.11. The number of rotatable bonds is 8. The van der Waals surface area contributed by atoms with E-state index >= 15 is 0 Å². The van der Waals surface area contributed by atoms with Crippen LogP contribution in [0.1, 0.15) is 24.8 Å². The Morgan fingerprint density at radius 1 is 1.34 bits per heavy atom. The molecule has 1 heterocycles. The van der Waals surface area contributed by atoms with Crippen molar-refractivity contribution in [1.29, 1.82) is 0 Å². The molecular formula is C19H25F3N2O3S2. The second kappa shape index (κ2) is 10.5. The lowest BCUT2D eigenvalue weighted by molar-refractivity contribution is -0.188. The maximum absolute atomic E-state index is 13.1. The van der Waals surface area contributed by atoms with E-state index < -0.39 is 40.6 Å². The zero-order valence-electron chi connectivity index (χ0n) is 16.1. The molecule has 1 saturated heterocycles. The normalized spacial score (nSPS) is 19.4. The van der Waals surface area contributed by atoms with Crippen molar-refractivity contribution < 1.29 is 26.4 Å². The third-order valence-corrected chi connectivity index (χ3v) is 6.40. The first-order valence-corrected chi connectivity index (χ1v) is 12.2. The second-order valence-electron chi connectivity index (χ2n) is 6.88. The Hall–Kier alpha value is -1.52. The summed E-state index contributed by atoms with van der Waals surface area (Å²) in [4.78, 5) is 14.0. The van der Waals surface area contributed by atoms with Crippen LogP contribution in [0.3, 0.4) is 0 Å². The highest BCUT2D eigenvalue weighted by atomic mass is 32.2. The van der Waals surface area contributed by atoms with Gasteiger partial charge in [0.2, 0.25) is 15.9 Å². The van der Waals surface area contributed by atoms with E-state index in [0.717, 1.165) is 10.3 Å². The van der Waals surface area contributed by atoms with E-state index in [-0.39, 0.29) is 25.8 Å². The average Bonchev–Trinajstić information content (AvgIpc) is 2.69. The van der Waals surface area contributed by atoms with Crippen molar-refractivity contribution in [3.05, 3.63) is 41.3 Å². The average molecular weight is 451 g/mol. The van der Waals surface area contributed by atoms with E-state index in [1.165, 1.54) is 17.8 Å². The van der Waals surface area contributed by atoms with Gasteiger partial charge in [0.25, 0.3) is 0 Å². The molecular weight excluding hydrogens is 425 g/mol. The van der Waals surface area contributed by atoms with Crippen LogP contribution < -0.4 is 4.72 Å². The first-order valence-electron chi connectivity index (χ1n) is 9.22. The van der Waals surface area contributed by atoms with Crippen LogP contribution in [0.4, 0.5) is 13.2 Å². The van der Waals surface area contributed by atoms with Crippen molar-refractivity contribution in [2.75, 3.05) is 25.1 Å². The van der Waals surface area contributed by atoms with Crippen LogP contribution in [0, 0.1) is 5.92 Å². The summed E-state index contributed by atoms with van der Waals surface area (Å²) in [6.07, 6.45) is -0.734. The van der Waals surface area contributed by atoms with Crippen molar-refractivity contribution >= 4 is 33.8 Å². The Bertz CT molecular complexity index is 799. The van der Waals surface area contributed by atoms with Gasteiger partial charge in [0, 0.05) is 18.5 Å². The molecule has 0 spiro atoms. The number of halogens is 3. The largest absolute Gasteiger partial charge is 0.393 e. The van der Waals surface area contributed by atoms with Gasteiger partial charge < -0.3 is 4.90 Å². The van der Waals surface area contributed by atoms with Gasteiger partial charge in [0.05, 0.1) is 5.92 Å². The van der Waals surface area contributed by atoms with E-state index in [2.05, 4.69) is 4.72 Å². The number of nitrogens with zero attached hydrogens (tertiary/aromatic N) is 1. The summed E-state index contributed by atoms with van der Waals surface area (Å²) in [5.74, 6) is -1.68. The van der Waals surface area contributed by atoms with Crippen molar-refractivity contribution in [3.8, 4) is 0 Å². The number of sulfonamides is 1. The monoisotopic (exact) mass is 450 g/mol. The summed E-state index contributed by atoms with van der Waals surface area (Å²) in [6, 6.07) is 7.69. The molecule has 5 nitrogen and oxygen atoms in total. The molecule has 1 aliphatic rings. The molecule has 0 aliphatic carbocycles. The molecule has 1 N–H and O–H groups in total. The number of likely N-dealkylation sites (tertiary alicyclic amines) is 1. The highest BCUT2D eigenvalue weighted by molar-refractivity contribution is 7.98. The van der Waals surface area contributed by atoms with Crippen molar-refractivity contribution in [2.45, 2.75) is 31.5 Å². The van der Waals surface area contributed by atoms with E-state index in [9.17, 15) is 26.4 Å². The zero-order valence-corrected chi connectivity index (χ0v) is 17.7. The molecule has 10 heteroatoms. The lowest BCUT2D eigenvalue weighted by atomic mass is 9.97. The molecule has 0 saturated carbocycles. The summed E-state index contributed by atoms with van der Waals surface area (Å²) >= 11 is 1.43. The van der Waals surface area contributed by atoms with Gasteiger partial charge >= 0.3 is 6.18 Å². The number of hydrogen-bond acceptors (Lipinski definition) is 4.